The van der Waals surface area contributed by atoms with E-state index in [0.29, 0.717) is 16.9 Å². The number of aromatic nitrogens is 2. The molecule has 3 aromatic carbocycles. The van der Waals surface area contributed by atoms with Gasteiger partial charge in [0.2, 0.25) is 5.91 Å². The maximum Gasteiger partial charge on any atom is 0.295 e. The predicted molar refractivity (Wildman–Crippen MR) is 155 cm³/mol. The van der Waals surface area contributed by atoms with Crippen LogP contribution >= 0.6 is 46.4 Å². The molecular weight excluding hydrogens is 598 g/mol. The van der Waals surface area contributed by atoms with E-state index in [1.807, 2.05) is 6.07 Å². The maximum atomic E-state index is 13.9. The topological polar surface area (TPSA) is 93.4 Å². The number of nitrogens with one attached hydrogen (secondary N) is 1. The van der Waals surface area contributed by atoms with Crippen LogP contribution in [0.2, 0.25) is 20.1 Å². The minimum absolute atomic E-state index is 0.00757. The smallest absolute Gasteiger partial charge is 0.295 e. The lowest BCUT2D eigenvalue weighted by Crippen LogP contribution is -2.49. The van der Waals surface area contributed by atoms with E-state index in [2.05, 4.69) is 5.32 Å². The minimum atomic E-state index is -1.37. The fraction of sp³-hybridized carbons (Fsp3) is 0.143. The Morgan fingerprint density at radius 2 is 1.30 bits per heavy atom. The number of nitrogens with zero attached hydrogens (tertiary/aromatic N) is 3. The molecule has 0 radical (unpaired) electrons. The Kier molecular flexibility index (Phi) is 7.54. The van der Waals surface area contributed by atoms with Crippen LogP contribution in [0.4, 0.5) is 5.69 Å². The second kappa shape index (κ2) is 10.8. The molecule has 1 atom stereocenters. The number of halogens is 4. The van der Waals surface area contributed by atoms with Crippen molar-refractivity contribution in [3.05, 3.63) is 113 Å². The summed E-state index contributed by atoms with van der Waals surface area (Å²) in [6.07, 6.45) is -0.0480. The van der Waals surface area contributed by atoms with Crippen LogP contribution in [0.5, 0.6) is 0 Å². The van der Waals surface area contributed by atoms with E-state index in [1.165, 1.54) is 4.68 Å². The van der Waals surface area contributed by atoms with Gasteiger partial charge in [-0.05, 0) is 24.6 Å². The molecule has 8 nitrogen and oxygen atoms in total. The average Bonchev–Trinajstić information content (AvgIpc) is 3.33. The Morgan fingerprint density at radius 3 is 1.82 bits per heavy atom. The van der Waals surface area contributed by atoms with E-state index in [0.717, 1.165) is 4.90 Å². The number of carbonyl (C=O) groups excluding carboxylic acids is 3. The molecule has 1 aromatic heterocycles. The first-order valence-corrected chi connectivity index (χ1v) is 13.5. The molecule has 0 bridgehead atoms. The quantitative estimate of drug-likeness (QED) is 0.164. The first kappa shape index (κ1) is 28.0. The van der Waals surface area contributed by atoms with Crippen molar-refractivity contribution in [2.75, 3.05) is 5.32 Å². The van der Waals surface area contributed by atoms with Gasteiger partial charge in [-0.2, -0.15) is 0 Å². The standard InChI is InChI=1S/C28H20Cl4N4O4/c1-14-24(28(40)36(34(14)2)16-11-7-4-8-12-16)33-25(37)17(13-15-9-5-3-6-10-15)35-26(38)18-19(27(35)39)21(30)23(32)22(31)20(18)29/h3-12,17H,13H2,1-2H3,(H,33,37). The molecule has 4 aromatic rings. The zero-order chi connectivity index (χ0) is 28.9. The molecule has 1 unspecified atom stereocenters. The van der Waals surface area contributed by atoms with Gasteiger partial charge in [-0.1, -0.05) is 94.9 Å². The molecule has 1 aliphatic heterocycles. The third-order valence-corrected chi connectivity index (χ3v) is 8.62. The summed E-state index contributed by atoms with van der Waals surface area (Å²) in [5, 5.41) is 1.83. The van der Waals surface area contributed by atoms with Gasteiger partial charge < -0.3 is 5.32 Å². The van der Waals surface area contributed by atoms with Crippen molar-refractivity contribution in [2.45, 2.75) is 19.4 Å². The van der Waals surface area contributed by atoms with Crippen molar-refractivity contribution >= 4 is 69.8 Å². The summed E-state index contributed by atoms with van der Waals surface area (Å²) in [4.78, 5) is 55.3. The van der Waals surface area contributed by atoms with E-state index in [9.17, 15) is 19.2 Å². The fourth-order valence-corrected chi connectivity index (χ4v) is 5.72. The third-order valence-electron chi connectivity index (χ3n) is 6.82. The number of anilines is 1. The summed E-state index contributed by atoms with van der Waals surface area (Å²) < 4.78 is 3.01. The van der Waals surface area contributed by atoms with Crippen LogP contribution in [0.3, 0.4) is 0 Å². The van der Waals surface area contributed by atoms with Gasteiger partial charge in [-0.15, -0.1) is 0 Å². The molecule has 0 aliphatic carbocycles. The van der Waals surface area contributed by atoms with Gasteiger partial charge in [0.1, 0.15) is 11.7 Å². The number of hydrogen-bond donors (Lipinski definition) is 1. The van der Waals surface area contributed by atoms with Crippen LogP contribution in [-0.2, 0) is 18.3 Å². The number of benzene rings is 3. The Balaban J connectivity index is 1.58. The molecule has 12 heteroatoms. The predicted octanol–water partition coefficient (Wildman–Crippen LogP) is 5.94. The first-order valence-electron chi connectivity index (χ1n) is 12.0. The number of rotatable bonds is 6. The molecule has 40 heavy (non-hydrogen) atoms. The summed E-state index contributed by atoms with van der Waals surface area (Å²) in [7, 11) is 1.68. The first-order chi connectivity index (χ1) is 19.0. The Bertz CT molecular complexity index is 1700. The van der Waals surface area contributed by atoms with E-state index in [1.54, 1.807) is 73.3 Å². The second-order valence-corrected chi connectivity index (χ2v) is 10.6. The number of hydrogen-bond acceptors (Lipinski definition) is 4. The summed E-state index contributed by atoms with van der Waals surface area (Å²) in [5.41, 5.74) is 0.779. The average molecular weight is 618 g/mol. The number of fused-ring (bicyclic) bond motifs is 1. The highest BCUT2D eigenvalue weighted by Crippen LogP contribution is 2.45. The van der Waals surface area contributed by atoms with E-state index in [4.69, 9.17) is 46.4 Å². The van der Waals surface area contributed by atoms with Crippen LogP contribution in [0.25, 0.3) is 5.69 Å². The second-order valence-electron chi connectivity index (χ2n) is 9.12. The number of amides is 3. The molecule has 0 saturated heterocycles. The molecule has 5 rings (SSSR count). The highest BCUT2D eigenvalue weighted by Gasteiger charge is 2.47. The lowest BCUT2D eigenvalue weighted by Gasteiger charge is -2.25. The molecule has 1 N–H and O–H groups in total. The van der Waals surface area contributed by atoms with Gasteiger partial charge in [-0.25, -0.2) is 4.68 Å². The number of para-hydroxylation sites is 1. The normalized spacial score (nSPS) is 13.5. The fourth-order valence-electron chi connectivity index (χ4n) is 4.71. The van der Waals surface area contributed by atoms with Crippen LogP contribution in [0, 0.1) is 6.92 Å². The van der Waals surface area contributed by atoms with Gasteiger partial charge in [-0.3, -0.25) is 28.8 Å². The Morgan fingerprint density at radius 1 is 0.800 bits per heavy atom. The van der Waals surface area contributed by atoms with E-state index in [-0.39, 0.29) is 43.3 Å². The summed E-state index contributed by atoms with van der Waals surface area (Å²) >= 11 is 24.9. The Hall–Kier alpha value is -3.56. The Labute approximate surface area is 248 Å². The van der Waals surface area contributed by atoms with Crippen molar-refractivity contribution in [1.82, 2.24) is 14.3 Å². The van der Waals surface area contributed by atoms with E-state index < -0.39 is 29.3 Å². The van der Waals surface area contributed by atoms with Gasteiger partial charge in [0.05, 0.1) is 42.6 Å². The van der Waals surface area contributed by atoms with Gasteiger partial charge >= 0.3 is 0 Å². The highest BCUT2D eigenvalue weighted by atomic mass is 35.5. The zero-order valence-corrected chi connectivity index (χ0v) is 24.1. The van der Waals surface area contributed by atoms with Gasteiger partial charge in [0, 0.05) is 13.5 Å². The SMILES string of the molecule is Cc1c(NC(=O)C(Cc2ccccc2)N2C(=O)c3c(Cl)c(Cl)c(Cl)c(Cl)c3C2=O)c(=O)n(-c2ccccc2)n1C. The van der Waals surface area contributed by atoms with Crippen molar-refractivity contribution in [1.29, 1.82) is 0 Å². The van der Waals surface area contributed by atoms with Crippen LogP contribution in [-0.4, -0.2) is 38.0 Å². The van der Waals surface area contributed by atoms with Gasteiger partial charge in [0.15, 0.2) is 0 Å². The third kappa shape index (κ3) is 4.51. The lowest BCUT2D eigenvalue weighted by atomic mass is 10.0. The summed E-state index contributed by atoms with van der Waals surface area (Å²) in [5.74, 6) is -2.46. The molecule has 0 fully saturated rings. The monoisotopic (exact) mass is 616 g/mol. The van der Waals surface area contributed by atoms with Crippen LogP contribution in [0.15, 0.2) is 65.5 Å². The highest BCUT2D eigenvalue weighted by molar-refractivity contribution is 6.55. The molecular formula is C28H20Cl4N4O4. The van der Waals surface area contributed by atoms with Crippen LogP contribution in [0.1, 0.15) is 32.0 Å². The molecule has 1 aliphatic rings. The largest absolute Gasteiger partial charge is 0.318 e. The molecule has 204 valence electrons. The number of imide groups is 1. The summed E-state index contributed by atoms with van der Waals surface area (Å²) in [6.45, 7) is 1.67. The van der Waals surface area contributed by atoms with Crippen molar-refractivity contribution < 1.29 is 14.4 Å². The molecule has 0 saturated carbocycles. The molecule has 0 spiro atoms. The molecule has 2 heterocycles. The zero-order valence-electron chi connectivity index (χ0n) is 21.0. The van der Waals surface area contributed by atoms with E-state index >= 15 is 0 Å². The lowest BCUT2D eigenvalue weighted by molar-refractivity contribution is -0.119. The molecule has 3 amide bonds. The summed E-state index contributed by atoms with van der Waals surface area (Å²) in [6, 6.07) is 16.4. The van der Waals surface area contributed by atoms with Crippen molar-refractivity contribution in [3.8, 4) is 5.69 Å². The maximum absolute atomic E-state index is 13.9. The van der Waals surface area contributed by atoms with Crippen molar-refractivity contribution in [3.63, 3.8) is 0 Å². The number of carbonyl (C=O) groups is 3. The minimum Gasteiger partial charge on any atom is -0.318 e. The van der Waals surface area contributed by atoms with Crippen LogP contribution < -0.4 is 10.9 Å². The van der Waals surface area contributed by atoms with Crippen molar-refractivity contribution in [2.24, 2.45) is 7.05 Å². The van der Waals surface area contributed by atoms with Gasteiger partial charge in [0.25, 0.3) is 17.4 Å².